The Hall–Kier alpha value is -3.37. The molecule has 0 spiro atoms. The first-order chi connectivity index (χ1) is 15.4. The van der Waals surface area contributed by atoms with Gasteiger partial charge in [-0.15, -0.1) is 0 Å². The average Bonchev–Trinajstić information content (AvgIpc) is 2.80. The molecule has 0 aliphatic heterocycles. The lowest BCUT2D eigenvalue weighted by atomic mass is 10.1. The lowest BCUT2D eigenvalue weighted by Gasteiger charge is -2.24. The summed E-state index contributed by atoms with van der Waals surface area (Å²) in [5.74, 6) is 0.725. The van der Waals surface area contributed by atoms with Crippen LogP contribution in [-0.2, 0) is 13.1 Å². The summed E-state index contributed by atoms with van der Waals surface area (Å²) >= 11 is 6.54. The SMILES string of the molecule is COc1ccc(CN(Cc2cc3cc(C)ccc3nc2Cl)C(=O)c2ccc(C)cc2)cc1. The first kappa shape index (κ1) is 21.8. The van der Waals surface area contributed by atoms with Gasteiger partial charge in [0.25, 0.3) is 5.91 Å². The number of nitrogens with zero attached hydrogens (tertiary/aromatic N) is 2. The maximum atomic E-state index is 13.5. The summed E-state index contributed by atoms with van der Waals surface area (Å²) < 4.78 is 5.26. The lowest BCUT2D eigenvalue weighted by molar-refractivity contribution is 0.0730. The van der Waals surface area contributed by atoms with E-state index < -0.39 is 0 Å². The fourth-order valence-corrected chi connectivity index (χ4v) is 3.87. The molecule has 0 atom stereocenters. The molecule has 0 aliphatic rings. The number of benzene rings is 3. The van der Waals surface area contributed by atoms with Crippen LogP contribution < -0.4 is 4.74 Å². The van der Waals surface area contributed by atoms with Gasteiger partial charge in [-0.1, -0.05) is 53.1 Å². The van der Waals surface area contributed by atoms with Crippen molar-refractivity contribution in [2.45, 2.75) is 26.9 Å². The molecular weight excluding hydrogens is 420 g/mol. The third-order valence-corrected chi connectivity index (χ3v) is 5.80. The molecule has 0 saturated carbocycles. The van der Waals surface area contributed by atoms with Crippen LogP contribution in [0.25, 0.3) is 10.9 Å². The van der Waals surface area contributed by atoms with Crippen molar-refractivity contribution in [3.63, 3.8) is 0 Å². The second-order valence-electron chi connectivity index (χ2n) is 8.01. The summed E-state index contributed by atoms with van der Waals surface area (Å²) in [6.07, 6.45) is 0. The van der Waals surface area contributed by atoms with Crippen LogP contribution in [0.15, 0.2) is 72.8 Å². The molecule has 162 valence electrons. The molecule has 32 heavy (non-hydrogen) atoms. The zero-order chi connectivity index (χ0) is 22.7. The minimum absolute atomic E-state index is 0.0544. The number of aryl methyl sites for hydroxylation is 2. The lowest BCUT2D eigenvalue weighted by Crippen LogP contribution is -2.30. The van der Waals surface area contributed by atoms with E-state index in [0.717, 1.165) is 38.9 Å². The molecule has 0 aliphatic carbocycles. The van der Waals surface area contributed by atoms with Crippen molar-refractivity contribution in [2.24, 2.45) is 0 Å². The molecule has 5 heteroatoms. The summed E-state index contributed by atoms with van der Waals surface area (Å²) in [4.78, 5) is 19.8. The van der Waals surface area contributed by atoms with Crippen molar-refractivity contribution in [3.05, 3.63) is 106 Å². The van der Waals surface area contributed by atoms with E-state index in [1.165, 1.54) is 0 Å². The molecule has 3 aromatic carbocycles. The minimum Gasteiger partial charge on any atom is -0.497 e. The monoisotopic (exact) mass is 444 g/mol. The number of hydrogen-bond donors (Lipinski definition) is 0. The van der Waals surface area contributed by atoms with E-state index >= 15 is 0 Å². The molecule has 0 fully saturated rings. The molecule has 0 bridgehead atoms. The van der Waals surface area contributed by atoms with Crippen LogP contribution in [0, 0.1) is 13.8 Å². The first-order valence-corrected chi connectivity index (χ1v) is 10.9. The van der Waals surface area contributed by atoms with Gasteiger partial charge >= 0.3 is 0 Å². The summed E-state index contributed by atoms with van der Waals surface area (Å²) in [7, 11) is 1.64. The van der Waals surface area contributed by atoms with Crippen molar-refractivity contribution >= 4 is 28.4 Å². The van der Waals surface area contributed by atoms with Crippen molar-refractivity contribution in [2.75, 3.05) is 7.11 Å². The maximum Gasteiger partial charge on any atom is 0.254 e. The standard InChI is InChI=1S/C27H25ClN2O2/c1-18-4-9-21(10-5-18)27(31)30(16-20-7-11-24(32-3)12-8-20)17-23-15-22-14-19(2)6-13-25(22)29-26(23)28/h4-15H,16-17H2,1-3H3. The number of fused-ring (bicyclic) bond motifs is 1. The van der Waals surface area contributed by atoms with Crippen molar-refractivity contribution in [3.8, 4) is 5.75 Å². The number of methoxy groups -OCH3 is 1. The second kappa shape index (κ2) is 9.41. The van der Waals surface area contributed by atoms with Crippen LogP contribution in [0.5, 0.6) is 5.75 Å². The normalized spacial score (nSPS) is 10.9. The number of hydrogen-bond acceptors (Lipinski definition) is 3. The Morgan fingerprint density at radius 3 is 2.28 bits per heavy atom. The number of amides is 1. The molecule has 0 unspecified atom stereocenters. The number of carbonyl (C=O) groups is 1. The van der Waals surface area contributed by atoms with Gasteiger partial charge in [-0.25, -0.2) is 4.98 Å². The number of pyridine rings is 1. The topological polar surface area (TPSA) is 42.4 Å². The highest BCUT2D eigenvalue weighted by Crippen LogP contribution is 2.25. The van der Waals surface area contributed by atoms with Crippen LogP contribution >= 0.6 is 11.6 Å². The van der Waals surface area contributed by atoms with E-state index in [-0.39, 0.29) is 5.91 Å². The van der Waals surface area contributed by atoms with Gasteiger partial charge in [0.15, 0.2) is 0 Å². The first-order valence-electron chi connectivity index (χ1n) is 10.5. The predicted molar refractivity (Wildman–Crippen MR) is 129 cm³/mol. The maximum absolute atomic E-state index is 13.5. The van der Waals surface area contributed by atoms with E-state index in [1.807, 2.05) is 80.6 Å². The molecular formula is C27H25ClN2O2. The van der Waals surface area contributed by atoms with Gasteiger partial charge in [-0.3, -0.25) is 4.79 Å². The van der Waals surface area contributed by atoms with Gasteiger partial charge in [0.05, 0.1) is 12.6 Å². The van der Waals surface area contributed by atoms with Crippen LogP contribution in [0.4, 0.5) is 0 Å². The smallest absolute Gasteiger partial charge is 0.254 e. The molecule has 1 heterocycles. The highest BCUT2D eigenvalue weighted by molar-refractivity contribution is 6.30. The summed E-state index contributed by atoms with van der Waals surface area (Å²) in [5, 5.41) is 1.43. The second-order valence-corrected chi connectivity index (χ2v) is 8.37. The fourth-order valence-electron chi connectivity index (χ4n) is 3.66. The highest BCUT2D eigenvalue weighted by atomic mass is 35.5. The Morgan fingerprint density at radius 2 is 1.59 bits per heavy atom. The third-order valence-electron chi connectivity index (χ3n) is 5.48. The molecule has 1 amide bonds. The predicted octanol–water partition coefficient (Wildman–Crippen LogP) is 6.36. The average molecular weight is 445 g/mol. The van der Waals surface area contributed by atoms with Gasteiger partial charge in [-0.2, -0.15) is 0 Å². The van der Waals surface area contributed by atoms with Crippen molar-refractivity contribution in [1.29, 1.82) is 0 Å². The number of ether oxygens (including phenoxy) is 1. The zero-order valence-corrected chi connectivity index (χ0v) is 19.2. The van der Waals surface area contributed by atoms with E-state index in [0.29, 0.717) is 23.8 Å². The van der Waals surface area contributed by atoms with Gasteiger partial charge in [-0.05, 0) is 61.9 Å². The van der Waals surface area contributed by atoms with Gasteiger partial charge in [0.1, 0.15) is 10.9 Å². The third kappa shape index (κ3) is 4.92. The van der Waals surface area contributed by atoms with Crippen LogP contribution in [0.2, 0.25) is 5.15 Å². The number of rotatable bonds is 6. The Bertz CT molecular complexity index is 1250. The van der Waals surface area contributed by atoms with E-state index in [4.69, 9.17) is 16.3 Å². The Morgan fingerprint density at radius 1 is 0.906 bits per heavy atom. The molecule has 4 aromatic rings. The fraction of sp³-hybridized carbons (Fsp3) is 0.185. The Balaban J connectivity index is 1.69. The van der Waals surface area contributed by atoms with Gasteiger partial charge in [0, 0.05) is 29.6 Å². The zero-order valence-electron chi connectivity index (χ0n) is 18.4. The molecule has 0 saturated heterocycles. The molecule has 4 rings (SSSR count). The van der Waals surface area contributed by atoms with E-state index in [2.05, 4.69) is 11.1 Å². The number of carbonyl (C=O) groups excluding carboxylic acids is 1. The quantitative estimate of drug-likeness (QED) is 0.325. The van der Waals surface area contributed by atoms with Crippen LogP contribution in [0.3, 0.4) is 0 Å². The Kier molecular flexibility index (Phi) is 6.42. The molecule has 4 nitrogen and oxygen atoms in total. The molecule has 0 radical (unpaired) electrons. The van der Waals surface area contributed by atoms with Crippen LogP contribution in [0.1, 0.15) is 32.6 Å². The van der Waals surface area contributed by atoms with Crippen molar-refractivity contribution < 1.29 is 9.53 Å². The number of aromatic nitrogens is 1. The van der Waals surface area contributed by atoms with E-state index in [9.17, 15) is 4.79 Å². The summed E-state index contributed by atoms with van der Waals surface area (Å²) in [5.41, 5.74) is 5.57. The summed E-state index contributed by atoms with van der Waals surface area (Å²) in [6, 6.07) is 23.5. The number of halogens is 1. The minimum atomic E-state index is -0.0544. The van der Waals surface area contributed by atoms with Gasteiger partial charge in [0.2, 0.25) is 0 Å². The Labute approximate surface area is 193 Å². The highest BCUT2D eigenvalue weighted by Gasteiger charge is 2.19. The van der Waals surface area contributed by atoms with E-state index in [1.54, 1.807) is 12.0 Å². The molecule has 1 aromatic heterocycles. The summed E-state index contributed by atoms with van der Waals surface area (Å²) in [6.45, 7) is 4.85. The van der Waals surface area contributed by atoms with Gasteiger partial charge < -0.3 is 9.64 Å². The molecule has 0 N–H and O–H groups in total. The van der Waals surface area contributed by atoms with Crippen LogP contribution in [-0.4, -0.2) is 22.9 Å². The van der Waals surface area contributed by atoms with Crippen molar-refractivity contribution in [1.82, 2.24) is 9.88 Å². The largest absolute Gasteiger partial charge is 0.497 e.